The topological polar surface area (TPSA) is 85.7 Å². The van der Waals surface area contributed by atoms with Gasteiger partial charge in [0.05, 0.1) is 13.2 Å². The molecule has 1 unspecified atom stereocenters. The molecule has 0 bridgehead atoms. The third-order valence-corrected chi connectivity index (χ3v) is 2.80. The zero-order valence-electron chi connectivity index (χ0n) is 10.5. The molecule has 0 aliphatic rings. The SMILES string of the molecule is COc1ccc(C(O)c2ccc([N+](=O)[O-])o2)cc1C. The van der Waals surface area contributed by atoms with Crippen LogP contribution in [0, 0.1) is 17.0 Å². The maximum absolute atomic E-state index is 10.5. The molecule has 2 aromatic rings. The molecule has 0 amide bonds. The van der Waals surface area contributed by atoms with E-state index in [9.17, 15) is 15.2 Å². The molecule has 1 aromatic carbocycles. The number of aryl methyl sites for hydroxylation is 1. The lowest BCUT2D eigenvalue weighted by atomic mass is 10.0. The van der Waals surface area contributed by atoms with Crippen LogP contribution >= 0.6 is 0 Å². The lowest BCUT2D eigenvalue weighted by molar-refractivity contribution is -0.402. The minimum atomic E-state index is -1.04. The van der Waals surface area contributed by atoms with Crippen LogP contribution in [0.15, 0.2) is 34.7 Å². The fraction of sp³-hybridized carbons (Fsp3) is 0.231. The predicted octanol–water partition coefficient (Wildman–Crippen LogP) is 2.59. The Morgan fingerprint density at radius 3 is 2.63 bits per heavy atom. The van der Waals surface area contributed by atoms with Gasteiger partial charge in [-0.2, -0.15) is 0 Å². The molecule has 1 heterocycles. The summed E-state index contributed by atoms with van der Waals surface area (Å²) in [7, 11) is 1.56. The molecule has 0 saturated heterocycles. The molecule has 0 fully saturated rings. The van der Waals surface area contributed by atoms with Crippen LogP contribution in [0.3, 0.4) is 0 Å². The summed E-state index contributed by atoms with van der Waals surface area (Å²) in [6.45, 7) is 1.85. The molecule has 0 spiro atoms. The number of ether oxygens (including phenoxy) is 1. The van der Waals surface area contributed by atoms with Gasteiger partial charge in [-0.25, -0.2) is 0 Å². The first-order valence-corrected chi connectivity index (χ1v) is 5.59. The lowest BCUT2D eigenvalue weighted by Crippen LogP contribution is -1.99. The monoisotopic (exact) mass is 263 g/mol. The summed E-state index contributed by atoms with van der Waals surface area (Å²) in [5, 5.41) is 20.6. The van der Waals surface area contributed by atoms with Crippen molar-refractivity contribution in [1.82, 2.24) is 0 Å². The quantitative estimate of drug-likeness (QED) is 0.676. The molecule has 0 aliphatic heterocycles. The molecule has 0 aliphatic carbocycles. The first-order chi connectivity index (χ1) is 9.02. The Bertz CT molecular complexity index is 605. The highest BCUT2D eigenvalue weighted by Crippen LogP contribution is 2.29. The third-order valence-electron chi connectivity index (χ3n) is 2.80. The molecule has 1 N–H and O–H groups in total. The van der Waals surface area contributed by atoms with Crippen molar-refractivity contribution in [3.8, 4) is 5.75 Å². The van der Waals surface area contributed by atoms with Crippen LogP contribution in [0.25, 0.3) is 0 Å². The Morgan fingerprint density at radius 1 is 1.37 bits per heavy atom. The summed E-state index contributed by atoms with van der Waals surface area (Å²) in [5.41, 5.74) is 1.45. The Labute approximate surface area is 109 Å². The van der Waals surface area contributed by atoms with E-state index in [-0.39, 0.29) is 11.6 Å². The first kappa shape index (κ1) is 13.1. The van der Waals surface area contributed by atoms with E-state index in [2.05, 4.69) is 0 Å². The average Bonchev–Trinajstić information content (AvgIpc) is 2.87. The first-order valence-electron chi connectivity index (χ1n) is 5.59. The van der Waals surface area contributed by atoms with E-state index in [1.54, 1.807) is 25.3 Å². The third kappa shape index (κ3) is 2.58. The van der Waals surface area contributed by atoms with Crippen molar-refractivity contribution in [2.75, 3.05) is 7.11 Å². The van der Waals surface area contributed by atoms with Gasteiger partial charge in [0.15, 0.2) is 0 Å². The molecule has 19 heavy (non-hydrogen) atoms. The number of methoxy groups -OCH3 is 1. The Kier molecular flexibility index (Phi) is 3.52. The van der Waals surface area contributed by atoms with Crippen molar-refractivity contribution in [1.29, 1.82) is 0 Å². The van der Waals surface area contributed by atoms with Crippen LogP contribution in [-0.4, -0.2) is 17.1 Å². The highest BCUT2D eigenvalue weighted by molar-refractivity contribution is 5.39. The maximum Gasteiger partial charge on any atom is 0.433 e. The van der Waals surface area contributed by atoms with Crippen molar-refractivity contribution in [2.24, 2.45) is 0 Å². The second kappa shape index (κ2) is 5.11. The fourth-order valence-electron chi connectivity index (χ4n) is 1.82. The van der Waals surface area contributed by atoms with Gasteiger partial charge in [-0.1, -0.05) is 6.07 Å². The van der Waals surface area contributed by atoms with Gasteiger partial charge in [-0.15, -0.1) is 0 Å². The molecule has 1 aromatic heterocycles. The summed E-state index contributed by atoms with van der Waals surface area (Å²) in [6.07, 6.45) is -1.04. The number of furan rings is 1. The van der Waals surface area contributed by atoms with E-state index < -0.39 is 11.0 Å². The predicted molar refractivity (Wildman–Crippen MR) is 67.2 cm³/mol. The molecule has 1 atom stereocenters. The van der Waals surface area contributed by atoms with E-state index in [0.29, 0.717) is 11.3 Å². The number of hydrogen-bond donors (Lipinski definition) is 1. The van der Waals surface area contributed by atoms with E-state index in [4.69, 9.17) is 9.15 Å². The summed E-state index contributed by atoms with van der Waals surface area (Å²) < 4.78 is 10.1. The number of rotatable bonds is 4. The Hall–Kier alpha value is -2.34. The molecule has 6 nitrogen and oxygen atoms in total. The highest BCUT2D eigenvalue weighted by atomic mass is 16.6. The zero-order chi connectivity index (χ0) is 14.0. The molecule has 6 heteroatoms. The van der Waals surface area contributed by atoms with E-state index >= 15 is 0 Å². The summed E-state index contributed by atoms with van der Waals surface area (Å²) in [6, 6.07) is 7.77. The van der Waals surface area contributed by atoms with Gasteiger partial charge < -0.3 is 14.3 Å². The zero-order valence-corrected chi connectivity index (χ0v) is 10.5. The standard InChI is InChI=1S/C13H13NO5/c1-8-7-9(3-4-10(8)18-2)13(15)11-5-6-12(19-11)14(16)17/h3-7,13,15H,1-2H3. The number of aliphatic hydroxyl groups is 1. The summed E-state index contributed by atoms with van der Waals surface area (Å²) in [4.78, 5) is 9.88. The molecule has 0 saturated carbocycles. The van der Waals surface area contributed by atoms with Gasteiger partial charge in [-0.05, 0) is 36.2 Å². The summed E-state index contributed by atoms with van der Waals surface area (Å²) >= 11 is 0. The lowest BCUT2D eigenvalue weighted by Gasteiger charge is -2.11. The summed E-state index contributed by atoms with van der Waals surface area (Å²) in [5.74, 6) is 0.455. The van der Waals surface area contributed by atoms with Gasteiger partial charge in [0.1, 0.15) is 22.5 Å². The van der Waals surface area contributed by atoms with Crippen LogP contribution in [0.4, 0.5) is 5.88 Å². The van der Waals surface area contributed by atoms with E-state index in [1.165, 1.54) is 12.1 Å². The number of nitrogens with zero attached hydrogens (tertiary/aromatic N) is 1. The van der Waals surface area contributed by atoms with Crippen LogP contribution in [0.2, 0.25) is 0 Å². The van der Waals surface area contributed by atoms with Crippen molar-refractivity contribution in [3.05, 3.63) is 57.3 Å². The highest BCUT2D eigenvalue weighted by Gasteiger charge is 2.19. The van der Waals surface area contributed by atoms with Gasteiger partial charge in [0.2, 0.25) is 0 Å². The maximum atomic E-state index is 10.5. The molecular weight excluding hydrogens is 250 g/mol. The second-order valence-corrected chi connectivity index (χ2v) is 4.06. The fourth-order valence-corrected chi connectivity index (χ4v) is 1.82. The van der Waals surface area contributed by atoms with Gasteiger partial charge >= 0.3 is 5.88 Å². The van der Waals surface area contributed by atoms with Crippen molar-refractivity contribution in [3.63, 3.8) is 0 Å². The molecule has 0 radical (unpaired) electrons. The minimum absolute atomic E-state index is 0.135. The molecule has 2 rings (SSSR count). The Morgan fingerprint density at radius 2 is 2.11 bits per heavy atom. The average molecular weight is 263 g/mol. The van der Waals surface area contributed by atoms with Crippen LogP contribution in [0.1, 0.15) is 23.0 Å². The van der Waals surface area contributed by atoms with E-state index in [0.717, 1.165) is 5.56 Å². The van der Waals surface area contributed by atoms with Gasteiger partial charge in [0.25, 0.3) is 0 Å². The van der Waals surface area contributed by atoms with Crippen molar-refractivity contribution in [2.45, 2.75) is 13.0 Å². The van der Waals surface area contributed by atoms with E-state index in [1.807, 2.05) is 6.92 Å². The minimum Gasteiger partial charge on any atom is -0.496 e. The number of hydrogen-bond acceptors (Lipinski definition) is 5. The normalized spacial score (nSPS) is 12.2. The van der Waals surface area contributed by atoms with Crippen LogP contribution < -0.4 is 4.74 Å². The van der Waals surface area contributed by atoms with Gasteiger partial charge in [0, 0.05) is 0 Å². The smallest absolute Gasteiger partial charge is 0.433 e. The van der Waals surface area contributed by atoms with Crippen molar-refractivity contribution < 1.29 is 19.2 Å². The molecule has 100 valence electrons. The van der Waals surface area contributed by atoms with Crippen LogP contribution in [0.5, 0.6) is 5.75 Å². The van der Waals surface area contributed by atoms with Gasteiger partial charge in [-0.3, -0.25) is 10.1 Å². The largest absolute Gasteiger partial charge is 0.496 e. The van der Waals surface area contributed by atoms with Crippen LogP contribution in [-0.2, 0) is 0 Å². The number of benzene rings is 1. The number of nitro groups is 1. The van der Waals surface area contributed by atoms with Crippen molar-refractivity contribution >= 4 is 5.88 Å². The number of aliphatic hydroxyl groups excluding tert-OH is 1. The second-order valence-electron chi connectivity index (χ2n) is 4.06. The Balaban J connectivity index is 2.30. The molecular formula is C13H13NO5.